The fourth-order valence-electron chi connectivity index (χ4n) is 1.81. The first kappa shape index (κ1) is 16.2. The zero-order valence-electron chi connectivity index (χ0n) is 11.5. The van der Waals surface area contributed by atoms with Crippen molar-refractivity contribution >= 4 is 43.0 Å². The summed E-state index contributed by atoms with van der Waals surface area (Å²) < 4.78 is 23.8. The molecule has 0 fully saturated rings. The minimum atomic E-state index is -3.24. The van der Waals surface area contributed by atoms with Crippen LogP contribution in [0.25, 0.3) is 0 Å². The van der Waals surface area contributed by atoms with E-state index in [1.54, 1.807) is 35.4 Å². The standard InChI is InChI=1S/C14H14BrNO3S2/c1-16(9-11-5-8-13(15)20-11)14(17)10-3-6-12(7-4-10)21(2,18)19/h3-8H,9H2,1-2H3. The lowest BCUT2D eigenvalue weighted by atomic mass is 10.2. The quantitative estimate of drug-likeness (QED) is 0.809. The van der Waals surface area contributed by atoms with Gasteiger partial charge in [-0.3, -0.25) is 4.79 Å². The third-order valence-corrected chi connectivity index (χ3v) is 5.63. The van der Waals surface area contributed by atoms with Crippen molar-refractivity contribution in [1.82, 2.24) is 4.90 Å². The smallest absolute Gasteiger partial charge is 0.253 e. The highest BCUT2D eigenvalue weighted by Crippen LogP contribution is 2.23. The summed E-state index contributed by atoms with van der Waals surface area (Å²) in [6.07, 6.45) is 1.14. The Labute approximate surface area is 136 Å². The van der Waals surface area contributed by atoms with Crippen molar-refractivity contribution in [2.75, 3.05) is 13.3 Å². The Morgan fingerprint density at radius 3 is 2.29 bits per heavy atom. The molecule has 1 aromatic carbocycles. The number of thiophene rings is 1. The third kappa shape index (κ3) is 4.15. The van der Waals surface area contributed by atoms with Crippen LogP contribution in [-0.4, -0.2) is 32.5 Å². The second kappa shape index (κ2) is 6.29. The van der Waals surface area contributed by atoms with Gasteiger partial charge in [0, 0.05) is 23.7 Å². The zero-order chi connectivity index (χ0) is 15.6. The zero-order valence-corrected chi connectivity index (χ0v) is 14.8. The van der Waals surface area contributed by atoms with Crippen molar-refractivity contribution in [3.05, 3.63) is 50.6 Å². The van der Waals surface area contributed by atoms with Crippen LogP contribution in [0.15, 0.2) is 45.1 Å². The van der Waals surface area contributed by atoms with Gasteiger partial charge in [0.2, 0.25) is 0 Å². The molecule has 1 amide bonds. The van der Waals surface area contributed by atoms with Gasteiger partial charge in [-0.25, -0.2) is 8.42 Å². The van der Waals surface area contributed by atoms with Gasteiger partial charge < -0.3 is 4.90 Å². The number of hydrogen-bond donors (Lipinski definition) is 0. The number of carbonyl (C=O) groups is 1. The molecule has 2 rings (SSSR count). The van der Waals surface area contributed by atoms with Gasteiger partial charge in [-0.05, 0) is 52.3 Å². The maximum absolute atomic E-state index is 12.3. The summed E-state index contributed by atoms with van der Waals surface area (Å²) in [6, 6.07) is 9.90. The molecule has 0 spiro atoms. The van der Waals surface area contributed by atoms with Crippen molar-refractivity contribution in [2.24, 2.45) is 0 Å². The summed E-state index contributed by atoms with van der Waals surface area (Å²) in [6.45, 7) is 0.517. The highest BCUT2D eigenvalue weighted by atomic mass is 79.9. The van der Waals surface area contributed by atoms with E-state index >= 15 is 0 Å². The molecular weight excluding hydrogens is 374 g/mol. The molecule has 4 nitrogen and oxygen atoms in total. The average Bonchev–Trinajstić information content (AvgIpc) is 2.82. The highest BCUT2D eigenvalue weighted by molar-refractivity contribution is 9.11. The van der Waals surface area contributed by atoms with E-state index in [1.165, 1.54) is 12.1 Å². The Morgan fingerprint density at radius 2 is 1.81 bits per heavy atom. The predicted molar refractivity (Wildman–Crippen MR) is 87.4 cm³/mol. The van der Waals surface area contributed by atoms with Crippen LogP contribution in [0.4, 0.5) is 0 Å². The van der Waals surface area contributed by atoms with Crippen molar-refractivity contribution in [1.29, 1.82) is 0 Å². The lowest BCUT2D eigenvalue weighted by Crippen LogP contribution is -2.25. The number of halogens is 1. The van der Waals surface area contributed by atoms with Gasteiger partial charge in [-0.15, -0.1) is 11.3 Å². The Hall–Kier alpha value is -1.18. The third-order valence-electron chi connectivity index (χ3n) is 2.90. The molecule has 7 heteroatoms. The van der Waals surface area contributed by atoms with E-state index in [9.17, 15) is 13.2 Å². The van der Waals surface area contributed by atoms with Crippen LogP contribution in [0.2, 0.25) is 0 Å². The van der Waals surface area contributed by atoms with E-state index in [1.807, 2.05) is 12.1 Å². The second-order valence-corrected chi connectivity index (χ2v) is 9.23. The molecule has 0 saturated carbocycles. The van der Waals surface area contributed by atoms with Gasteiger partial charge in [-0.2, -0.15) is 0 Å². The first-order valence-corrected chi connectivity index (χ1v) is 9.57. The Bertz CT molecular complexity index is 751. The molecule has 112 valence electrons. The van der Waals surface area contributed by atoms with E-state index in [2.05, 4.69) is 15.9 Å². The summed E-state index contributed by atoms with van der Waals surface area (Å²) in [4.78, 5) is 15.2. The van der Waals surface area contributed by atoms with Gasteiger partial charge in [0.25, 0.3) is 5.91 Å². The molecule has 0 aliphatic rings. The fraction of sp³-hybridized carbons (Fsp3) is 0.214. The summed E-state index contributed by atoms with van der Waals surface area (Å²) >= 11 is 4.97. The number of carbonyl (C=O) groups excluding carboxylic acids is 1. The maximum atomic E-state index is 12.3. The molecule has 0 saturated heterocycles. The van der Waals surface area contributed by atoms with Crippen molar-refractivity contribution < 1.29 is 13.2 Å². The van der Waals surface area contributed by atoms with E-state index < -0.39 is 9.84 Å². The summed E-state index contributed by atoms with van der Waals surface area (Å²) in [5.74, 6) is -0.139. The number of rotatable bonds is 4. The molecular formula is C14H14BrNO3S2. The molecule has 2 aromatic rings. The first-order valence-electron chi connectivity index (χ1n) is 6.07. The van der Waals surface area contributed by atoms with Gasteiger partial charge in [-0.1, -0.05) is 0 Å². The molecule has 0 unspecified atom stereocenters. The van der Waals surface area contributed by atoms with Crippen LogP contribution >= 0.6 is 27.3 Å². The molecule has 1 heterocycles. The van der Waals surface area contributed by atoms with Crippen molar-refractivity contribution in [3.8, 4) is 0 Å². The van der Waals surface area contributed by atoms with Crippen LogP contribution in [0.3, 0.4) is 0 Å². The Balaban J connectivity index is 2.12. The number of benzene rings is 1. The number of hydrogen-bond acceptors (Lipinski definition) is 4. The van der Waals surface area contributed by atoms with Crippen LogP contribution in [-0.2, 0) is 16.4 Å². The van der Waals surface area contributed by atoms with E-state index in [4.69, 9.17) is 0 Å². The van der Waals surface area contributed by atoms with Gasteiger partial charge in [0.05, 0.1) is 15.2 Å². The van der Waals surface area contributed by atoms with Crippen LogP contribution in [0, 0.1) is 0 Å². The lowest BCUT2D eigenvalue weighted by Gasteiger charge is -2.16. The minimum Gasteiger partial charge on any atom is -0.337 e. The predicted octanol–water partition coefficient (Wildman–Crippen LogP) is 3.19. The Kier molecular flexibility index (Phi) is 4.85. The van der Waals surface area contributed by atoms with Crippen molar-refractivity contribution in [3.63, 3.8) is 0 Å². The van der Waals surface area contributed by atoms with E-state index in [0.29, 0.717) is 12.1 Å². The molecule has 0 aliphatic carbocycles. The Morgan fingerprint density at radius 1 is 1.19 bits per heavy atom. The molecule has 21 heavy (non-hydrogen) atoms. The molecule has 0 bridgehead atoms. The van der Waals surface area contributed by atoms with Gasteiger partial charge in [0.15, 0.2) is 9.84 Å². The summed E-state index contributed by atoms with van der Waals surface area (Å²) in [5.41, 5.74) is 0.473. The largest absolute Gasteiger partial charge is 0.337 e. The van der Waals surface area contributed by atoms with Crippen LogP contribution < -0.4 is 0 Å². The molecule has 0 aliphatic heterocycles. The van der Waals surface area contributed by atoms with Crippen LogP contribution in [0.1, 0.15) is 15.2 Å². The number of amides is 1. The topological polar surface area (TPSA) is 54.5 Å². The molecule has 1 aromatic heterocycles. The normalized spacial score (nSPS) is 11.4. The fourth-order valence-corrected chi connectivity index (χ4v) is 3.97. The average molecular weight is 388 g/mol. The van der Waals surface area contributed by atoms with Gasteiger partial charge >= 0.3 is 0 Å². The van der Waals surface area contributed by atoms with Crippen LogP contribution in [0.5, 0.6) is 0 Å². The first-order chi connectivity index (χ1) is 9.77. The monoisotopic (exact) mass is 387 g/mol. The highest BCUT2D eigenvalue weighted by Gasteiger charge is 2.14. The van der Waals surface area contributed by atoms with E-state index in [0.717, 1.165) is 14.9 Å². The minimum absolute atomic E-state index is 0.139. The molecule has 0 radical (unpaired) electrons. The maximum Gasteiger partial charge on any atom is 0.253 e. The summed E-state index contributed by atoms with van der Waals surface area (Å²) in [5, 5.41) is 0. The lowest BCUT2D eigenvalue weighted by molar-refractivity contribution is 0.0786. The number of sulfone groups is 1. The SMILES string of the molecule is CN(Cc1ccc(Br)s1)C(=O)c1ccc(S(C)(=O)=O)cc1. The number of nitrogens with zero attached hydrogens (tertiary/aromatic N) is 1. The second-order valence-electron chi connectivity index (χ2n) is 4.66. The van der Waals surface area contributed by atoms with E-state index in [-0.39, 0.29) is 10.8 Å². The molecule has 0 N–H and O–H groups in total. The van der Waals surface area contributed by atoms with Crippen molar-refractivity contribution in [2.45, 2.75) is 11.4 Å². The summed E-state index contributed by atoms with van der Waals surface area (Å²) in [7, 11) is -1.52. The van der Waals surface area contributed by atoms with Gasteiger partial charge in [0.1, 0.15) is 0 Å². The molecule has 0 atom stereocenters.